The maximum atomic E-state index is 11.0. The molecule has 1 aromatic carbocycles. The van der Waals surface area contributed by atoms with Crippen molar-refractivity contribution >= 4 is 16.1 Å². The first kappa shape index (κ1) is 11.9. The van der Waals surface area contributed by atoms with Gasteiger partial charge in [-0.25, -0.2) is 13.6 Å². The normalized spacial score (nSPS) is 12.1. The molecule has 0 radical (unpaired) electrons. The maximum absolute atomic E-state index is 11.0. The second-order valence-corrected chi connectivity index (χ2v) is 4.66. The Morgan fingerprint density at radius 2 is 2.07 bits per heavy atom. The number of primary sulfonamides is 1. The van der Waals surface area contributed by atoms with Crippen LogP contribution in [0.4, 0.5) is 0 Å². The predicted molar refractivity (Wildman–Crippen MR) is 60.5 cm³/mol. The van der Waals surface area contributed by atoms with Crippen molar-refractivity contribution < 1.29 is 8.42 Å². The van der Waals surface area contributed by atoms with Crippen LogP contribution >= 0.6 is 0 Å². The summed E-state index contributed by atoms with van der Waals surface area (Å²) in [6.45, 7) is 0.575. The molecule has 15 heavy (non-hydrogen) atoms. The summed E-state index contributed by atoms with van der Waals surface area (Å²) >= 11 is 0. The molecule has 1 aromatic rings. The molecule has 0 heterocycles. The van der Waals surface area contributed by atoms with Crippen molar-refractivity contribution in [1.82, 2.24) is 0 Å². The number of hydrogen-bond acceptors (Lipinski definition) is 3. The molecule has 82 valence electrons. The fourth-order valence-electron chi connectivity index (χ4n) is 1.11. The van der Waals surface area contributed by atoms with Crippen LogP contribution in [0.3, 0.4) is 0 Å². The third kappa shape index (κ3) is 3.83. The van der Waals surface area contributed by atoms with Crippen molar-refractivity contribution in [2.24, 2.45) is 10.9 Å². The molecular formula is C10H14N2O2S. The van der Waals surface area contributed by atoms with Gasteiger partial charge >= 0.3 is 0 Å². The van der Waals surface area contributed by atoms with Crippen LogP contribution in [0.2, 0.25) is 0 Å². The van der Waals surface area contributed by atoms with E-state index < -0.39 is 10.0 Å². The third-order valence-corrected chi connectivity index (χ3v) is 2.74. The number of hydrogen-bond donors (Lipinski definition) is 2. The standard InChI is InChI=1S/C10H14N2O2S/c11-7-2-1-4-9-5-3-6-10(8-9)15(12,13)14/h1,3-6,8H,2,7,11H2,(H2,12,13,14). The zero-order valence-corrected chi connectivity index (χ0v) is 9.07. The Morgan fingerprint density at radius 3 is 2.67 bits per heavy atom. The Kier molecular flexibility index (Phi) is 4.02. The van der Waals surface area contributed by atoms with Crippen LogP contribution in [0, 0.1) is 0 Å². The minimum Gasteiger partial charge on any atom is -0.330 e. The lowest BCUT2D eigenvalue weighted by Crippen LogP contribution is -2.11. The first-order valence-electron chi connectivity index (χ1n) is 4.53. The zero-order chi connectivity index (χ0) is 11.3. The highest BCUT2D eigenvalue weighted by Crippen LogP contribution is 2.11. The van der Waals surface area contributed by atoms with Gasteiger partial charge in [0.25, 0.3) is 0 Å². The summed E-state index contributed by atoms with van der Waals surface area (Å²) in [5, 5.41) is 5.01. The fraction of sp³-hybridized carbons (Fsp3) is 0.200. The van der Waals surface area contributed by atoms with Crippen LogP contribution in [0.1, 0.15) is 12.0 Å². The van der Waals surface area contributed by atoms with E-state index in [-0.39, 0.29) is 4.90 Å². The van der Waals surface area contributed by atoms with Gasteiger partial charge in [0.15, 0.2) is 0 Å². The van der Waals surface area contributed by atoms with Gasteiger partial charge in [-0.15, -0.1) is 0 Å². The van der Waals surface area contributed by atoms with Gasteiger partial charge in [-0.3, -0.25) is 0 Å². The van der Waals surface area contributed by atoms with Gasteiger partial charge in [0.2, 0.25) is 10.0 Å². The van der Waals surface area contributed by atoms with E-state index in [2.05, 4.69) is 0 Å². The van der Waals surface area contributed by atoms with E-state index in [1.54, 1.807) is 6.07 Å². The van der Waals surface area contributed by atoms with Crippen LogP contribution in [0.15, 0.2) is 35.2 Å². The molecule has 0 aromatic heterocycles. The highest BCUT2D eigenvalue weighted by atomic mass is 32.2. The molecule has 0 aliphatic heterocycles. The molecule has 0 aliphatic rings. The smallest absolute Gasteiger partial charge is 0.238 e. The molecule has 0 saturated heterocycles. The van der Waals surface area contributed by atoms with Gasteiger partial charge in [0.1, 0.15) is 0 Å². The van der Waals surface area contributed by atoms with E-state index in [9.17, 15) is 8.42 Å². The Hall–Kier alpha value is -1.17. The largest absolute Gasteiger partial charge is 0.330 e. The molecule has 4 N–H and O–H groups in total. The van der Waals surface area contributed by atoms with E-state index in [0.717, 1.165) is 12.0 Å². The molecule has 0 atom stereocenters. The van der Waals surface area contributed by atoms with Crippen molar-refractivity contribution in [3.8, 4) is 0 Å². The molecule has 5 heteroatoms. The monoisotopic (exact) mass is 226 g/mol. The van der Waals surface area contributed by atoms with Crippen LogP contribution in [-0.4, -0.2) is 15.0 Å². The molecule has 0 amide bonds. The number of nitrogens with two attached hydrogens (primary N) is 2. The molecule has 0 saturated carbocycles. The highest BCUT2D eigenvalue weighted by Gasteiger charge is 2.06. The number of benzene rings is 1. The average molecular weight is 226 g/mol. The fourth-order valence-corrected chi connectivity index (χ4v) is 1.68. The van der Waals surface area contributed by atoms with Crippen molar-refractivity contribution in [2.75, 3.05) is 6.54 Å². The Balaban J connectivity index is 2.94. The Morgan fingerprint density at radius 1 is 1.33 bits per heavy atom. The predicted octanol–water partition coefficient (Wildman–Crippen LogP) is 0.696. The summed E-state index contributed by atoms with van der Waals surface area (Å²) in [5.74, 6) is 0. The van der Waals surface area contributed by atoms with Gasteiger partial charge in [0, 0.05) is 0 Å². The molecule has 0 bridgehead atoms. The summed E-state index contributed by atoms with van der Waals surface area (Å²) in [6, 6.07) is 6.46. The van der Waals surface area contributed by atoms with Crippen molar-refractivity contribution in [1.29, 1.82) is 0 Å². The lowest BCUT2D eigenvalue weighted by Gasteiger charge is -1.99. The topological polar surface area (TPSA) is 86.2 Å². The Bertz CT molecular complexity index is 452. The average Bonchev–Trinajstić information content (AvgIpc) is 2.17. The molecule has 4 nitrogen and oxygen atoms in total. The molecule has 0 unspecified atom stereocenters. The third-order valence-electron chi connectivity index (χ3n) is 1.83. The first-order valence-corrected chi connectivity index (χ1v) is 6.08. The summed E-state index contributed by atoms with van der Waals surface area (Å²) in [4.78, 5) is 0.123. The maximum Gasteiger partial charge on any atom is 0.238 e. The summed E-state index contributed by atoms with van der Waals surface area (Å²) in [5.41, 5.74) is 6.13. The van der Waals surface area contributed by atoms with Crippen molar-refractivity contribution in [3.63, 3.8) is 0 Å². The molecule has 0 aliphatic carbocycles. The lowest BCUT2D eigenvalue weighted by molar-refractivity contribution is 0.598. The van der Waals surface area contributed by atoms with Crippen molar-refractivity contribution in [2.45, 2.75) is 11.3 Å². The first-order chi connectivity index (χ1) is 7.04. The van der Waals surface area contributed by atoms with Gasteiger partial charge in [-0.05, 0) is 30.7 Å². The number of sulfonamides is 1. The van der Waals surface area contributed by atoms with E-state index in [4.69, 9.17) is 10.9 Å². The van der Waals surface area contributed by atoms with E-state index in [1.807, 2.05) is 18.2 Å². The summed E-state index contributed by atoms with van der Waals surface area (Å²) < 4.78 is 22.1. The zero-order valence-electron chi connectivity index (χ0n) is 8.26. The van der Waals surface area contributed by atoms with Crippen molar-refractivity contribution in [3.05, 3.63) is 35.9 Å². The lowest BCUT2D eigenvalue weighted by atomic mass is 10.2. The van der Waals surface area contributed by atoms with Gasteiger partial charge in [0.05, 0.1) is 4.90 Å². The van der Waals surface area contributed by atoms with Gasteiger partial charge in [-0.1, -0.05) is 24.3 Å². The van der Waals surface area contributed by atoms with E-state index in [0.29, 0.717) is 6.54 Å². The second-order valence-electron chi connectivity index (χ2n) is 3.10. The second kappa shape index (κ2) is 5.06. The minimum absolute atomic E-state index is 0.123. The quantitative estimate of drug-likeness (QED) is 0.792. The van der Waals surface area contributed by atoms with Crippen LogP contribution in [0.5, 0.6) is 0 Å². The van der Waals surface area contributed by atoms with Gasteiger partial charge in [-0.2, -0.15) is 0 Å². The molecule has 0 fully saturated rings. The van der Waals surface area contributed by atoms with Crippen LogP contribution in [0.25, 0.3) is 6.08 Å². The Labute approximate surface area is 89.6 Å². The van der Waals surface area contributed by atoms with Gasteiger partial charge < -0.3 is 5.73 Å². The summed E-state index contributed by atoms with van der Waals surface area (Å²) in [7, 11) is -3.61. The molecule has 1 rings (SSSR count). The SMILES string of the molecule is NCCC=Cc1cccc(S(N)(=O)=O)c1. The highest BCUT2D eigenvalue weighted by molar-refractivity contribution is 7.89. The molecular weight excluding hydrogens is 212 g/mol. The van der Waals surface area contributed by atoms with E-state index in [1.165, 1.54) is 12.1 Å². The van der Waals surface area contributed by atoms with E-state index >= 15 is 0 Å². The number of rotatable bonds is 4. The summed E-state index contributed by atoms with van der Waals surface area (Å²) in [6.07, 6.45) is 4.48. The molecule has 0 spiro atoms. The minimum atomic E-state index is -3.61. The van der Waals surface area contributed by atoms with Crippen LogP contribution in [-0.2, 0) is 10.0 Å². The van der Waals surface area contributed by atoms with Crippen LogP contribution < -0.4 is 10.9 Å².